The second-order valence-corrected chi connectivity index (χ2v) is 4.73. The molecule has 1 aromatic heterocycles. The number of imidazole rings is 1. The Morgan fingerprint density at radius 3 is 2.86 bits per heavy atom. The summed E-state index contributed by atoms with van der Waals surface area (Å²) in [5.74, 6) is 0.478. The normalized spacial score (nSPS) is 10.5. The number of carbonyl (C=O) groups excluding carboxylic acids is 1. The summed E-state index contributed by atoms with van der Waals surface area (Å²) in [6, 6.07) is 15.1. The van der Waals surface area contributed by atoms with E-state index in [-0.39, 0.29) is 0 Å². The Kier molecular flexibility index (Phi) is 3.55. The van der Waals surface area contributed by atoms with E-state index < -0.39 is 6.09 Å². The van der Waals surface area contributed by atoms with Crippen molar-refractivity contribution >= 4 is 17.1 Å². The highest BCUT2D eigenvalue weighted by Crippen LogP contribution is 2.19. The topological polar surface area (TPSA) is 56.2 Å². The molecule has 0 saturated heterocycles. The molecule has 5 heteroatoms. The molecule has 3 aromatic rings. The standard InChI is InChI=1S/C16H15N3O2/c1-19-11-18-14-9-13(7-8-15(14)19)21-16(20)17-10-12-5-3-2-4-6-12/h2-9,11H,10H2,1H3,(H,17,20). The number of nitrogens with zero attached hydrogens (tertiary/aromatic N) is 2. The summed E-state index contributed by atoms with van der Waals surface area (Å²) in [6.07, 6.45) is 1.25. The second-order valence-electron chi connectivity index (χ2n) is 4.73. The first-order valence-electron chi connectivity index (χ1n) is 6.63. The quantitative estimate of drug-likeness (QED) is 0.803. The molecule has 0 radical (unpaired) electrons. The fraction of sp³-hybridized carbons (Fsp3) is 0.125. The Morgan fingerprint density at radius 2 is 2.05 bits per heavy atom. The zero-order chi connectivity index (χ0) is 14.7. The van der Waals surface area contributed by atoms with Gasteiger partial charge in [-0.2, -0.15) is 0 Å². The number of amides is 1. The SMILES string of the molecule is Cn1cnc2cc(OC(=O)NCc3ccccc3)ccc21. The van der Waals surface area contributed by atoms with Gasteiger partial charge in [0.2, 0.25) is 0 Å². The van der Waals surface area contributed by atoms with Gasteiger partial charge in [-0.15, -0.1) is 0 Å². The number of rotatable bonds is 3. The van der Waals surface area contributed by atoms with Gasteiger partial charge in [0.15, 0.2) is 0 Å². The summed E-state index contributed by atoms with van der Waals surface area (Å²) in [4.78, 5) is 16.0. The van der Waals surface area contributed by atoms with E-state index in [4.69, 9.17) is 4.74 Å². The Hall–Kier alpha value is -2.82. The maximum absolute atomic E-state index is 11.8. The third kappa shape index (κ3) is 3.02. The molecule has 0 aliphatic carbocycles. The average molecular weight is 281 g/mol. The van der Waals surface area contributed by atoms with E-state index in [1.54, 1.807) is 18.5 Å². The maximum Gasteiger partial charge on any atom is 0.412 e. The van der Waals surface area contributed by atoms with Gasteiger partial charge in [0, 0.05) is 19.7 Å². The van der Waals surface area contributed by atoms with E-state index in [0.29, 0.717) is 12.3 Å². The molecular formula is C16H15N3O2. The zero-order valence-corrected chi connectivity index (χ0v) is 11.6. The largest absolute Gasteiger partial charge is 0.412 e. The van der Waals surface area contributed by atoms with Crippen LogP contribution >= 0.6 is 0 Å². The third-order valence-corrected chi connectivity index (χ3v) is 3.19. The number of aryl methyl sites for hydroxylation is 1. The molecule has 1 heterocycles. The van der Waals surface area contributed by atoms with Gasteiger partial charge in [0.1, 0.15) is 5.75 Å². The minimum Gasteiger partial charge on any atom is -0.410 e. The molecule has 1 N–H and O–H groups in total. The van der Waals surface area contributed by atoms with Gasteiger partial charge in [-0.05, 0) is 17.7 Å². The van der Waals surface area contributed by atoms with Crippen molar-refractivity contribution in [2.45, 2.75) is 6.54 Å². The van der Waals surface area contributed by atoms with E-state index in [1.807, 2.05) is 48.0 Å². The minimum absolute atomic E-state index is 0.436. The highest BCUT2D eigenvalue weighted by atomic mass is 16.6. The lowest BCUT2D eigenvalue weighted by Gasteiger charge is -2.06. The summed E-state index contributed by atoms with van der Waals surface area (Å²) in [7, 11) is 1.92. The molecule has 5 nitrogen and oxygen atoms in total. The van der Waals surface area contributed by atoms with Crippen LogP contribution in [0.25, 0.3) is 11.0 Å². The molecule has 0 atom stereocenters. The lowest BCUT2D eigenvalue weighted by Crippen LogP contribution is -2.26. The Morgan fingerprint density at radius 1 is 1.24 bits per heavy atom. The van der Waals surface area contributed by atoms with Gasteiger partial charge in [-0.1, -0.05) is 30.3 Å². The van der Waals surface area contributed by atoms with Gasteiger partial charge in [0.05, 0.1) is 17.4 Å². The summed E-state index contributed by atoms with van der Waals surface area (Å²) >= 11 is 0. The van der Waals surface area contributed by atoms with Crippen LogP contribution in [0.1, 0.15) is 5.56 Å². The van der Waals surface area contributed by atoms with Crippen LogP contribution in [-0.4, -0.2) is 15.6 Å². The molecule has 0 fully saturated rings. The molecule has 21 heavy (non-hydrogen) atoms. The number of hydrogen-bond acceptors (Lipinski definition) is 3. The number of benzene rings is 2. The molecule has 0 aliphatic rings. The van der Waals surface area contributed by atoms with Crippen molar-refractivity contribution in [1.29, 1.82) is 0 Å². The first-order valence-corrected chi connectivity index (χ1v) is 6.63. The fourth-order valence-electron chi connectivity index (χ4n) is 2.09. The van der Waals surface area contributed by atoms with E-state index >= 15 is 0 Å². The lowest BCUT2D eigenvalue weighted by atomic mass is 10.2. The molecule has 0 bridgehead atoms. The molecule has 0 spiro atoms. The Bertz CT molecular complexity index is 766. The molecule has 106 valence electrons. The van der Waals surface area contributed by atoms with Crippen molar-refractivity contribution in [2.75, 3.05) is 0 Å². The van der Waals surface area contributed by atoms with Crippen molar-refractivity contribution in [2.24, 2.45) is 7.05 Å². The monoisotopic (exact) mass is 281 g/mol. The molecule has 0 aliphatic heterocycles. The zero-order valence-electron chi connectivity index (χ0n) is 11.6. The second kappa shape index (κ2) is 5.66. The highest BCUT2D eigenvalue weighted by molar-refractivity contribution is 5.78. The highest BCUT2D eigenvalue weighted by Gasteiger charge is 2.06. The number of carbonyl (C=O) groups is 1. The van der Waals surface area contributed by atoms with Gasteiger partial charge in [-0.3, -0.25) is 0 Å². The number of aromatic nitrogens is 2. The first-order chi connectivity index (χ1) is 10.2. The first kappa shape index (κ1) is 13.2. The van der Waals surface area contributed by atoms with E-state index in [0.717, 1.165) is 16.6 Å². The number of fused-ring (bicyclic) bond motifs is 1. The maximum atomic E-state index is 11.8. The van der Waals surface area contributed by atoms with Crippen LogP contribution in [0.5, 0.6) is 5.75 Å². The fourth-order valence-corrected chi connectivity index (χ4v) is 2.09. The van der Waals surface area contributed by atoms with Crippen LogP contribution in [0.4, 0.5) is 4.79 Å². The lowest BCUT2D eigenvalue weighted by molar-refractivity contribution is 0.200. The summed E-state index contributed by atoms with van der Waals surface area (Å²) in [5, 5.41) is 2.71. The summed E-state index contributed by atoms with van der Waals surface area (Å²) in [5.41, 5.74) is 2.81. The van der Waals surface area contributed by atoms with E-state index in [9.17, 15) is 4.79 Å². The molecule has 3 rings (SSSR count). The molecule has 0 unspecified atom stereocenters. The molecular weight excluding hydrogens is 266 g/mol. The average Bonchev–Trinajstić information content (AvgIpc) is 2.87. The van der Waals surface area contributed by atoms with Crippen LogP contribution in [0.2, 0.25) is 0 Å². The van der Waals surface area contributed by atoms with Crippen molar-refractivity contribution in [1.82, 2.24) is 14.9 Å². The van der Waals surface area contributed by atoms with Gasteiger partial charge in [0.25, 0.3) is 0 Å². The van der Waals surface area contributed by atoms with Crippen molar-refractivity contribution < 1.29 is 9.53 Å². The predicted molar refractivity (Wildman–Crippen MR) is 80.0 cm³/mol. The summed E-state index contributed by atoms with van der Waals surface area (Å²) in [6.45, 7) is 0.436. The van der Waals surface area contributed by atoms with Crippen LogP contribution < -0.4 is 10.1 Å². The van der Waals surface area contributed by atoms with Crippen molar-refractivity contribution in [3.05, 3.63) is 60.4 Å². The van der Waals surface area contributed by atoms with Crippen LogP contribution in [0.15, 0.2) is 54.9 Å². The minimum atomic E-state index is -0.478. The number of hydrogen-bond donors (Lipinski definition) is 1. The van der Waals surface area contributed by atoms with Gasteiger partial charge < -0.3 is 14.6 Å². The number of ether oxygens (including phenoxy) is 1. The van der Waals surface area contributed by atoms with Crippen molar-refractivity contribution in [3.8, 4) is 5.75 Å². The van der Waals surface area contributed by atoms with Crippen LogP contribution in [0.3, 0.4) is 0 Å². The van der Waals surface area contributed by atoms with Gasteiger partial charge >= 0.3 is 6.09 Å². The molecule has 2 aromatic carbocycles. The third-order valence-electron chi connectivity index (χ3n) is 3.19. The van der Waals surface area contributed by atoms with E-state index in [2.05, 4.69) is 10.3 Å². The number of nitrogens with one attached hydrogen (secondary N) is 1. The van der Waals surface area contributed by atoms with E-state index in [1.165, 1.54) is 0 Å². The van der Waals surface area contributed by atoms with Crippen LogP contribution in [0, 0.1) is 0 Å². The molecule has 0 saturated carbocycles. The Balaban J connectivity index is 1.63. The summed E-state index contributed by atoms with van der Waals surface area (Å²) < 4.78 is 7.17. The Labute approximate surface area is 122 Å². The molecule has 1 amide bonds. The van der Waals surface area contributed by atoms with Gasteiger partial charge in [-0.25, -0.2) is 9.78 Å². The smallest absolute Gasteiger partial charge is 0.410 e. The predicted octanol–water partition coefficient (Wildman–Crippen LogP) is 2.86. The van der Waals surface area contributed by atoms with Crippen molar-refractivity contribution in [3.63, 3.8) is 0 Å². The van der Waals surface area contributed by atoms with Crippen LogP contribution in [-0.2, 0) is 13.6 Å².